The lowest BCUT2D eigenvalue weighted by atomic mass is 9.90. The van der Waals surface area contributed by atoms with E-state index < -0.39 is 0 Å². The molecule has 192 valence electrons. The summed E-state index contributed by atoms with van der Waals surface area (Å²) in [5.41, 5.74) is 4.04. The van der Waals surface area contributed by atoms with E-state index in [0.29, 0.717) is 25.5 Å². The average Bonchev–Trinajstić information content (AvgIpc) is 3.37. The Hall–Kier alpha value is -3.51. The van der Waals surface area contributed by atoms with Crippen molar-refractivity contribution in [1.82, 2.24) is 9.91 Å². The number of hydrogen-bond acceptors (Lipinski definition) is 4. The number of likely N-dealkylation sites (tertiary alicyclic amines) is 1. The van der Waals surface area contributed by atoms with Crippen molar-refractivity contribution in [1.29, 1.82) is 0 Å². The first kappa shape index (κ1) is 25.2. The number of carbonyl (C=O) groups is 1. The van der Waals surface area contributed by atoms with Gasteiger partial charge in [0, 0.05) is 6.42 Å². The smallest absolute Gasteiger partial charge is 0.257 e. The van der Waals surface area contributed by atoms with E-state index in [1.807, 2.05) is 31.2 Å². The number of ether oxygens (including phenoxy) is 1. The minimum atomic E-state index is -0.283. The van der Waals surface area contributed by atoms with Gasteiger partial charge in [-0.15, -0.1) is 0 Å². The lowest BCUT2D eigenvalue weighted by Gasteiger charge is -2.33. The van der Waals surface area contributed by atoms with Crippen LogP contribution in [-0.4, -0.2) is 47.8 Å². The highest BCUT2D eigenvalue weighted by Gasteiger charge is 2.34. The van der Waals surface area contributed by atoms with Gasteiger partial charge in [-0.3, -0.25) is 9.69 Å². The van der Waals surface area contributed by atoms with E-state index in [-0.39, 0.29) is 17.8 Å². The zero-order valence-electron chi connectivity index (χ0n) is 21.4. The molecule has 0 unspecified atom stereocenters. The number of hydrogen-bond donors (Lipinski definition) is 0. The van der Waals surface area contributed by atoms with Gasteiger partial charge >= 0.3 is 0 Å². The van der Waals surface area contributed by atoms with Crippen LogP contribution in [0.5, 0.6) is 5.75 Å². The predicted octanol–water partition coefficient (Wildman–Crippen LogP) is 5.86. The summed E-state index contributed by atoms with van der Waals surface area (Å²) in [5, 5.41) is 6.40. The summed E-state index contributed by atoms with van der Waals surface area (Å²) >= 11 is 0. The number of carbonyl (C=O) groups excluding carboxylic acids is 1. The quantitative estimate of drug-likeness (QED) is 0.390. The number of halogens is 1. The Balaban J connectivity index is 1.27. The molecular formula is C31H34FN3O2. The molecule has 3 aromatic rings. The molecule has 1 saturated heterocycles. The third kappa shape index (κ3) is 6.25. The molecule has 3 aromatic carbocycles. The van der Waals surface area contributed by atoms with Gasteiger partial charge in [-0.1, -0.05) is 54.6 Å². The van der Waals surface area contributed by atoms with Crippen molar-refractivity contribution in [3.63, 3.8) is 0 Å². The van der Waals surface area contributed by atoms with E-state index in [9.17, 15) is 9.18 Å². The second kappa shape index (κ2) is 11.7. The maximum Gasteiger partial charge on any atom is 0.257 e. The first-order valence-corrected chi connectivity index (χ1v) is 13.2. The Morgan fingerprint density at radius 2 is 1.68 bits per heavy atom. The van der Waals surface area contributed by atoms with Gasteiger partial charge in [0.1, 0.15) is 11.6 Å². The first-order chi connectivity index (χ1) is 18.1. The number of rotatable bonds is 8. The van der Waals surface area contributed by atoms with Crippen molar-refractivity contribution in [2.24, 2.45) is 11.0 Å². The lowest BCUT2D eigenvalue weighted by Crippen LogP contribution is -2.42. The SMILES string of the molecule is CCOc1ccc([C@@H]2CC(c3ccc(F)cc3)=NN2C(=O)CN2CCC(Cc3ccccc3)CC2)cc1. The molecule has 0 saturated carbocycles. The van der Waals surface area contributed by atoms with Gasteiger partial charge in [0.15, 0.2) is 0 Å². The molecule has 2 aliphatic heterocycles. The standard InChI is InChI=1S/C31H34FN3O2/c1-2-37-28-14-10-26(11-15-28)30-21-29(25-8-12-27(32)13-9-25)33-35(30)31(36)22-34-18-16-24(17-19-34)20-23-6-4-3-5-7-23/h3-15,24,30H,2,16-22H2,1H3/t30-/m0/s1. The van der Waals surface area contributed by atoms with Crippen LogP contribution in [0.1, 0.15) is 48.9 Å². The number of hydrazone groups is 1. The number of piperidine rings is 1. The van der Waals surface area contributed by atoms with E-state index >= 15 is 0 Å². The zero-order valence-corrected chi connectivity index (χ0v) is 21.4. The molecular weight excluding hydrogens is 465 g/mol. The van der Waals surface area contributed by atoms with Crippen molar-refractivity contribution < 1.29 is 13.9 Å². The van der Waals surface area contributed by atoms with Crippen LogP contribution >= 0.6 is 0 Å². The lowest BCUT2D eigenvalue weighted by molar-refractivity contribution is -0.134. The fraction of sp³-hybridized carbons (Fsp3) is 0.355. The minimum Gasteiger partial charge on any atom is -0.494 e. The molecule has 0 bridgehead atoms. The third-order valence-electron chi connectivity index (χ3n) is 7.35. The molecule has 5 nitrogen and oxygen atoms in total. The molecule has 1 atom stereocenters. The Morgan fingerprint density at radius 3 is 2.35 bits per heavy atom. The summed E-state index contributed by atoms with van der Waals surface area (Å²) < 4.78 is 19.1. The van der Waals surface area contributed by atoms with E-state index in [0.717, 1.165) is 54.9 Å². The Morgan fingerprint density at radius 1 is 0.973 bits per heavy atom. The molecule has 0 N–H and O–H groups in total. The van der Waals surface area contributed by atoms with Crippen LogP contribution in [0.2, 0.25) is 0 Å². The van der Waals surface area contributed by atoms with Gasteiger partial charge in [-0.25, -0.2) is 9.40 Å². The largest absolute Gasteiger partial charge is 0.494 e. The van der Waals surface area contributed by atoms with Crippen LogP contribution in [0.25, 0.3) is 0 Å². The molecule has 0 spiro atoms. The Labute approximate surface area is 218 Å². The van der Waals surface area contributed by atoms with Gasteiger partial charge < -0.3 is 4.74 Å². The van der Waals surface area contributed by atoms with Crippen LogP contribution in [0.3, 0.4) is 0 Å². The molecule has 5 rings (SSSR count). The van der Waals surface area contributed by atoms with Crippen molar-refractivity contribution in [2.75, 3.05) is 26.2 Å². The predicted molar refractivity (Wildman–Crippen MR) is 144 cm³/mol. The highest BCUT2D eigenvalue weighted by Crippen LogP contribution is 2.34. The van der Waals surface area contributed by atoms with Crippen LogP contribution in [0.4, 0.5) is 4.39 Å². The summed E-state index contributed by atoms with van der Waals surface area (Å²) in [4.78, 5) is 15.8. The third-order valence-corrected chi connectivity index (χ3v) is 7.35. The number of nitrogens with zero attached hydrogens (tertiary/aromatic N) is 3. The van der Waals surface area contributed by atoms with Crippen molar-refractivity contribution in [2.45, 2.75) is 38.6 Å². The summed E-state index contributed by atoms with van der Waals surface area (Å²) in [7, 11) is 0. The topological polar surface area (TPSA) is 45.1 Å². The number of amides is 1. The highest BCUT2D eigenvalue weighted by atomic mass is 19.1. The molecule has 1 amide bonds. The van der Waals surface area contributed by atoms with Crippen LogP contribution in [-0.2, 0) is 11.2 Å². The molecule has 0 aliphatic carbocycles. The Kier molecular flexibility index (Phi) is 7.95. The summed E-state index contributed by atoms with van der Waals surface area (Å²) in [6, 6.07) is 24.7. The molecule has 2 heterocycles. The van der Waals surface area contributed by atoms with Gasteiger partial charge in [-0.2, -0.15) is 5.10 Å². The monoisotopic (exact) mass is 499 g/mol. The molecule has 2 aliphatic rings. The summed E-state index contributed by atoms with van der Waals surface area (Å²) in [5.74, 6) is 1.17. The van der Waals surface area contributed by atoms with Crippen LogP contribution in [0, 0.1) is 11.7 Å². The average molecular weight is 500 g/mol. The van der Waals surface area contributed by atoms with Crippen LogP contribution in [0.15, 0.2) is 84.0 Å². The fourth-order valence-corrected chi connectivity index (χ4v) is 5.33. The molecule has 1 fully saturated rings. The first-order valence-electron chi connectivity index (χ1n) is 13.2. The molecule has 0 radical (unpaired) electrons. The van der Waals surface area contributed by atoms with E-state index in [2.05, 4.69) is 35.2 Å². The molecule has 0 aromatic heterocycles. The van der Waals surface area contributed by atoms with Gasteiger partial charge in [0.05, 0.1) is 24.9 Å². The maximum atomic E-state index is 13.6. The summed E-state index contributed by atoms with van der Waals surface area (Å²) in [6.07, 6.45) is 3.87. The maximum absolute atomic E-state index is 13.6. The molecule has 37 heavy (non-hydrogen) atoms. The van der Waals surface area contributed by atoms with Gasteiger partial charge in [-0.05, 0) is 86.1 Å². The molecule has 6 heteroatoms. The fourth-order valence-electron chi connectivity index (χ4n) is 5.33. The summed E-state index contributed by atoms with van der Waals surface area (Å²) in [6.45, 7) is 4.75. The van der Waals surface area contributed by atoms with E-state index in [4.69, 9.17) is 9.84 Å². The van der Waals surface area contributed by atoms with Gasteiger partial charge in [0.25, 0.3) is 5.91 Å². The zero-order chi connectivity index (χ0) is 25.6. The minimum absolute atomic E-state index is 0.00231. The highest BCUT2D eigenvalue weighted by molar-refractivity contribution is 6.03. The second-order valence-corrected chi connectivity index (χ2v) is 9.92. The van der Waals surface area contributed by atoms with E-state index in [1.54, 1.807) is 17.1 Å². The van der Waals surface area contributed by atoms with Crippen LogP contribution < -0.4 is 4.74 Å². The van der Waals surface area contributed by atoms with Crippen molar-refractivity contribution >= 4 is 11.6 Å². The number of benzene rings is 3. The van der Waals surface area contributed by atoms with Crippen molar-refractivity contribution in [3.05, 3.63) is 101 Å². The van der Waals surface area contributed by atoms with Crippen molar-refractivity contribution in [3.8, 4) is 5.75 Å². The second-order valence-electron chi connectivity index (χ2n) is 9.92. The normalized spacial score (nSPS) is 18.6. The van der Waals surface area contributed by atoms with E-state index in [1.165, 1.54) is 17.7 Å². The Bertz CT molecular complexity index is 1200. The van der Waals surface area contributed by atoms with Gasteiger partial charge in [0.2, 0.25) is 0 Å².